The maximum absolute atomic E-state index is 5.02. The molecule has 1 atom stereocenters. The Balaban J connectivity index is 3.58. The van der Waals surface area contributed by atoms with E-state index in [1.54, 1.807) is 7.11 Å². The van der Waals surface area contributed by atoms with Crippen LogP contribution in [0, 0.1) is 5.41 Å². The van der Waals surface area contributed by atoms with Gasteiger partial charge in [-0.2, -0.15) is 0 Å². The van der Waals surface area contributed by atoms with Crippen LogP contribution in [0.1, 0.15) is 26.7 Å². The van der Waals surface area contributed by atoms with Crippen LogP contribution in [0.25, 0.3) is 0 Å². The smallest absolute Gasteiger partial charge is 0.0467 e. The van der Waals surface area contributed by atoms with Crippen LogP contribution in [0.2, 0.25) is 0 Å². The Bertz CT molecular complexity index is 79.3. The van der Waals surface area contributed by atoms with Crippen molar-refractivity contribution in [2.75, 3.05) is 19.0 Å². The van der Waals surface area contributed by atoms with Crippen molar-refractivity contribution >= 4 is 15.9 Å². The van der Waals surface area contributed by atoms with Crippen LogP contribution in [-0.2, 0) is 4.74 Å². The molecule has 1 nitrogen and oxygen atoms in total. The monoisotopic (exact) mass is 208 g/mol. The SMILES string of the molecule is CCC(C)(CBr)CCOC. The van der Waals surface area contributed by atoms with E-state index in [1.165, 1.54) is 6.42 Å². The van der Waals surface area contributed by atoms with Gasteiger partial charge in [-0.05, 0) is 18.3 Å². The summed E-state index contributed by atoms with van der Waals surface area (Å²) in [5.41, 5.74) is 0.427. The molecule has 0 saturated heterocycles. The number of halogens is 1. The van der Waals surface area contributed by atoms with Crippen molar-refractivity contribution in [3.8, 4) is 0 Å². The van der Waals surface area contributed by atoms with Crippen LogP contribution < -0.4 is 0 Å². The van der Waals surface area contributed by atoms with Gasteiger partial charge in [-0.15, -0.1) is 0 Å². The van der Waals surface area contributed by atoms with Crippen molar-refractivity contribution in [2.24, 2.45) is 5.41 Å². The average Bonchev–Trinajstić information content (AvgIpc) is 2.00. The van der Waals surface area contributed by atoms with Crippen molar-refractivity contribution < 1.29 is 4.74 Å². The lowest BCUT2D eigenvalue weighted by Gasteiger charge is -2.24. The summed E-state index contributed by atoms with van der Waals surface area (Å²) in [6.45, 7) is 5.37. The minimum absolute atomic E-state index is 0.427. The first-order valence-corrected chi connectivity index (χ1v) is 4.85. The van der Waals surface area contributed by atoms with Crippen LogP contribution in [0.4, 0.5) is 0 Å². The topological polar surface area (TPSA) is 9.23 Å². The van der Waals surface area contributed by atoms with Gasteiger partial charge in [0.1, 0.15) is 0 Å². The molecule has 0 amide bonds. The van der Waals surface area contributed by atoms with E-state index in [4.69, 9.17) is 4.74 Å². The molecule has 0 aromatic carbocycles. The molecule has 0 aliphatic carbocycles. The molecule has 10 heavy (non-hydrogen) atoms. The second kappa shape index (κ2) is 5.14. The molecule has 0 heterocycles. The number of rotatable bonds is 5. The van der Waals surface area contributed by atoms with Crippen molar-refractivity contribution in [2.45, 2.75) is 26.7 Å². The third-order valence-electron chi connectivity index (χ3n) is 2.09. The standard InChI is InChI=1S/C8H17BrO/c1-4-8(2,7-9)5-6-10-3/h4-7H2,1-3H3. The number of alkyl halides is 1. The molecule has 0 aliphatic rings. The van der Waals surface area contributed by atoms with Gasteiger partial charge in [0.05, 0.1) is 0 Å². The van der Waals surface area contributed by atoms with Gasteiger partial charge in [0, 0.05) is 19.0 Å². The summed E-state index contributed by atoms with van der Waals surface area (Å²) >= 11 is 3.51. The maximum Gasteiger partial charge on any atom is 0.0467 e. The van der Waals surface area contributed by atoms with Crippen molar-refractivity contribution in [3.05, 3.63) is 0 Å². The molecule has 0 aromatic rings. The van der Waals surface area contributed by atoms with Crippen LogP contribution in [0.5, 0.6) is 0 Å². The Morgan fingerprint density at radius 3 is 2.40 bits per heavy atom. The summed E-state index contributed by atoms with van der Waals surface area (Å²) in [6, 6.07) is 0. The van der Waals surface area contributed by atoms with Gasteiger partial charge in [-0.25, -0.2) is 0 Å². The van der Waals surface area contributed by atoms with Gasteiger partial charge in [0.2, 0.25) is 0 Å². The summed E-state index contributed by atoms with van der Waals surface area (Å²) in [4.78, 5) is 0. The second-order valence-corrected chi connectivity index (χ2v) is 3.60. The first-order valence-electron chi connectivity index (χ1n) is 3.73. The summed E-state index contributed by atoms with van der Waals surface area (Å²) in [5, 5.41) is 1.07. The fourth-order valence-electron chi connectivity index (χ4n) is 0.687. The zero-order valence-electron chi connectivity index (χ0n) is 7.11. The molecule has 0 spiro atoms. The highest BCUT2D eigenvalue weighted by atomic mass is 79.9. The predicted octanol–water partition coefficient (Wildman–Crippen LogP) is 2.83. The Morgan fingerprint density at radius 2 is 2.10 bits per heavy atom. The van der Waals surface area contributed by atoms with Crippen molar-refractivity contribution in [1.82, 2.24) is 0 Å². The third-order valence-corrected chi connectivity index (χ3v) is 3.44. The van der Waals surface area contributed by atoms with E-state index in [0.717, 1.165) is 18.4 Å². The van der Waals surface area contributed by atoms with Crippen LogP contribution >= 0.6 is 15.9 Å². The molecule has 0 aliphatic heterocycles. The molecular formula is C8H17BrO. The number of methoxy groups -OCH3 is 1. The predicted molar refractivity (Wildman–Crippen MR) is 48.7 cm³/mol. The molecule has 0 saturated carbocycles. The Hall–Kier alpha value is 0.440. The fraction of sp³-hybridized carbons (Fsp3) is 1.00. The summed E-state index contributed by atoms with van der Waals surface area (Å²) < 4.78 is 5.02. The van der Waals surface area contributed by atoms with Gasteiger partial charge in [-0.3, -0.25) is 0 Å². The molecule has 0 N–H and O–H groups in total. The van der Waals surface area contributed by atoms with Gasteiger partial charge >= 0.3 is 0 Å². The minimum Gasteiger partial charge on any atom is -0.385 e. The Morgan fingerprint density at radius 1 is 1.50 bits per heavy atom. The second-order valence-electron chi connectivity index (χ2n) is 3.04. The zero-order valence-corrected chi connectivity index (χ0v) is 8.70. The van der Waals surface area contributed by atoms with E-state index in [-0.39, 0.29) is 0 Å². The van der Waals surface area contributed by atoms with E-state index < -0.39 is 0 Å². The van der Waals surface area contributed by atoms with Crippen LogP contribution in [0.3, 0.4) is 0 Å². The molecular weight excluding hydrogens is 192 g/mol. The third kappa shape index (κ3) is 3.57. The lowest BCUT2D eigenvalue weighted by atomic mass is 9.87. The molecule has 0 fully saturated rings. The van der Waals surface area contributed by atoms with Crippen LogP contribution in [0.15, 0.2) is 0 Å². The first kappa shape index (κ1) is 10.4. The average molecular weight is 209 g/mol. The fourth-order valence-corrected chi connectivity index (χ4v) is 1.36. The molecule has 2 heteroatoms. The Kier molecular flexibility index (Phi) is 5.36. The van der Waals surface area contributed by atoms with Crippen molar-refractivity contribution in [3.63, 3.8) is 0 Å². The molecule has 62 valence electrons. The maximum atomic E-state index is 5.02. The number of ether oxygens (including phenoxy) is 1. The van der Waals surface area contributed by atoms with Crippen molar-refractivity contribution in [1.29, 1.82) is 0 Å². The summed E-state index contributed by atoms with van der Waals surface area (Å²) in [5.74, 6) is 0. The quantitative estimate of drug-likeness (QED) is 0.632. The highest BCUT2D eigenvalue weighted by Crippen LogP contribution is 2.27. The summed E-state index contributed by atoms with van der Waals surface area (Å²) in [7, 11) is 1.75. The van der Waals surface area contributed by atoms with E-state index in [1.807, 2.05) is 0 Å². The first-order chi connectivity index (χ1) is 4.68. The minimum atomic E-state index is 0.427. The lowest BCUT2D eigenvalue weighted by molar-refractivity contribution is 0.152. The molecule has 0 radical (unpaired) electrons. The van der Waals surface area contributed by atoms with Gasteiger partial charge in [-0.1, -0.05) is 29.8 Å². The summed E-state index contributed by atoms with van der Waals surface area (Å²) in [6.07, 6.45) is 2.35. The van der Waals surface area contributed by atoms with E-state index in [0.29, 0.717) is 5.41 Å². The van der Waals surface area contributed by atoms with E-state index >= 15 is 0 Å². The number of hydrogen-bond donors (Lipinski definition) is 0. The highest BCUT2D eigenvalue weighted by Gasteiger charge is 2.19. The van der Waals surface area contributed by atoms with Gasteiger partial charge in [0.25, 0.3) is 0 Å². The molecule has 1 unspecified atom stereocenters. The zero-order chi connectivity index (χ0) is 8.04. The van der Waals surface area contributed by atoms with Gasteiger partial charge < -0.3 is 4.74 Å². The normalized spacial score (nSPS) is 16.8. The van der Waals surface area contributed by atoms with Gasteiger partial charge in [0.15, 0.2) is 0 Å². The highest BCUT2D eigenvalue weighted by molar-refractivity contribution is 9.09. The molecule has 0 aromatic heterocycles. The largest absolute Gasteiger partial charge is 0.385 e. The molecule has 0 bridgehead atoms. The Labute approximate surface area is 72.3 Å². The van der Waals surface area contributed by atoms with Crippen LogP contribution in [-0.4, -0.2) is 19.0 Å². The number of hydrogen-bond acceptors (Lipinski definition) is 1. The lowest BCUT2D eigenvalue weighted by Crippen LogP contribution is -2.19. The van der Waals surface area contributed by atoms with E-state index in [2.05, 4.69) is 29.8 Å². The van der Waals surface area contributed by atoms with E-state index in [9.17, 15) is 0 Å². The molecule has 0 rings (SSSR count).